The number of amides is 1. The minimum atomic E-state index is -3.55. The Kier molecular flexibility index (Phi) is 12.6. The van der Waals surface area contributed by atoms with Crippen LogP contribution in [0.15, 0.2) is 29.2 Å². The molecular weight excluding hydrogens is 369 g/mol. The van der Waals surface area contributed by atoms with Crippen molar-refractivity contribution in [2.75, 3.05) is 6.54 Å². The zero-order valence-electron chi connectivity index (χ0n) is 14.3. The molecule has 1 aliphatic heterocycles. The third kappa shape index (κ3) is 7.47. The predicted molar refractivity (Wildman–Crippen MR) is 88.0 cm³/mol. The fraction of sp³-hybridized carbons (Fsp3) is 0.385. The van der Waals surface area contributed by atoms with Crippen LogP contribution in [0.5, 0.6) is 0 Å². The number of sulfonamides is 1. The summed E-state index contributed by atoms with van der Waals surface area (Å²) in [7, 11) is -3.55. The molecule has 0 aromatic heterocycles. The summed E-state index contributed by atoms with van der Waals surface area (Å²) >= 11 is 0. The van der Waals surface area contributed by atoms with Crippen LogP contribution in [0.1, 0.15) is 31.0 Å². The van der Waals surface area contributed by atoms with Gasteiger partial charge in [0.25, 0.3) is 15.9 Å². The monoisotopic (exact) mass is 389 g/mol. The molecule has 0 spiro atoms. The molecule has 0 aliphatic carbocycles. The number of rotatable bonds is 5. The van der Waals surface area contributed by atoms with Crippen LogP contribution >= 0.6 is 12.4 Å². The first-order valence-corrected chi connectivity index (χ1v) is 8.12. The topological polar surface area (TPSA) is 153 Å². The quantitative estimate of drug-likeness (QED) is 0.313. The zero-order chi connectivity index (χ0) is 16.8. The normalized spacial score (nSPS) is 14.7. The summed E-state index contributed by atoms with van der Waals surface area (Å²) in [5, 5.41) is 8.33. The number of hydrogen-bond donors (Lipinski definition) is 4. The molecule has 0 fully saturated rings. The number of carboxylic acids is 1. The second-order valence-electron chi connectivity index (χ2n) is 4.66. The molecule has 1 amide bonds. The van der Waals surface area contributed by atoms with E-state index in [2.05, 4.69) is 0 Å². The van der Waals surface area contributed by atoms with Gasteiger partial charge in [-0.2, -0.15) is 0 Å². The molecule has 2 rings (SSSR count). The molecule has 24 heavy (non-hydrogen) atoms. The fourth-order valence-corrected chi connectivity index (χ4v) is 2.92. The number of unbranched alkanes of at least 4 members (excludes halogenated alkanes) is 1. The van der Waals surface area contributed by atoms with E-state index in [0.717, 1.165) is 12.8 Å². The van der Waals surface area contributed by atoms with Gasteiger partial charge >= 0.3 is 35.5 Å². The number of fused-ring (bicyclic) bond motifs is 1. The molecule has 0 saturated carbocycles. The maximum atomic E-state index is 11.1. The molecule has 0 unspecified atom stereocenters. The number of nitrogens with one attached hydrogen (secondary N) is 1. The molecule has 0 bridgehead atoms. The maximum absolute atomic E-state index is 11.1. The Labute approximate surface area is 170 Å². The molecule has 1 heterocycles. The molecule has 1 aliphatic rings. The van der Waals surface area contributed by atoms with Crippen LogP contribution in [-0.4, -0.2) is 38.0 Å². The van der Waals surface area contributed by atoms with E-state index in [1.807, 2.05) is 4.72 Å². The van der Waals surface area contributed by atoms with Crippen molar-refractivity contribution in [3.05, 3.63) is 29.8 Å². The number of hydrogen-bond acceptors (Lipinski definition) is 6. The molecule has 11 heteroatoms. The van der Waals surface area contributed by atoms with Gasteiger partial charge in [-0.25, -0.2) is 13.1 Å². The Hall–Kier alpha value is -0.680. The first-order chi connectivity index (χ1) is 10.3. The molecule has 132 valence electrons. The Morgan fingerprint density at radius 3 is 2.38 bits per heavy atom. The standard InChI is InChI=1S/C7H5NO3S.C6H14N2O2.ClH.Na.H/c9-7-5-3-1-2-4-6(5)12(10,11)8-7;7-4-2-1-3-5(8)6(9)10;;;/h1-4H,(H,8,9);5H,1-4,7-8H2,(H,9,10);1H;;/q;;;+1;-1/t;5-;;;/m.0.../s1. The van der Waals surface area contributed by atoms with Gasteiger partial charge in [0, 0.05) is 0 Å². The molecule has 0 saturated heterocycles. The van der Waals surface area contributed by atoms with Gasteiger partial charge in [0.1, 0.15) is 10.9 Å². The van der Waals surface area contributed by atoms with E-state index in [4.69, 9.17) is 16.6 Å². The Balaban J connectivity index is -0.000000352. The van der Waals surface area contributed by atoms with E-state index in [0.29, 0.717) is 13.0 Å². The van der Waals surface area contributed by atoms with Gasteiger partial charge in [-0.3, -0.25) is 9.59 Å². The van der Waals surface area contributed by atoms with Crippen molar-refractivity contribution < 1.29 is 54.1 Å². The van der Waals surface area contributed by atoms with E-state index in [-0.39, 0.29) is 53.8 Å². The van der Waals surface area contributed by atoms with Crippen molar-refractivity contribution in [2.45, 2.75) is 30.2 Å². The molecule has 0 radical (unpaired) electrons. The van der Waals surface area contributed by atoms with Crippen LogP contribution in [0.2, 0.25) is 0 Å². The first kappa shape index (κ1) is 25.6. The molecule has 8 nitrogen and oxygen atoms in total. The van der Waals surface area contributed by atoms with Gasteiger partial charge in [-0.15, -0.1) is 12.4 Å². The second-order valence-corrected chi connectivity index (χ2v) is 6.31. The fourth-order valence-electron chi connectivity index (χ4n) is 1.75. The summed E-state index contributed by atoms with van der Waals surface area (Å²) < 4.78 is 24.2. The van der Waals surface area contributed by atoms with E-state index in [9.17, 15) is 18.0 Å². The minimum absolute atomic E-state index is 0. The summed E-state index contributed by atoms with van der Waals surface area (Å²) in [6.45, 7) is 0.604. The van der Waals surface area contributed by atoms with Gasteiger partial charge in [0.15, 0.2) is 0 Å². The van der Waals surface area contributed by atoms with Crippen LogP contribution in [0, 0.1) is 0 Å². The Morgan fingerprint density at radius 2 is 1.88 bits per heavy atom. The van der Waals surface area contributed by atoms with Crippen LogP contribution in [0.4, 0.5) is 0 Å². The predicted octanol–water partition coefficient (Wildman–Crippen LogP) is -2.82. The number of carbonyl (C=O) groups is 2. The number of benzene rings is 1. The molecular formula is C13H21ClN3NaO5S. The molecule has 1 aromatic carbocycles. The van der Waals surface area contributed by atoms with Gasteiger partial charge in [-0.05, 0) is 31.5 Å². The molecule has 6 N–H and O–H groups in total. The maximum Gasteiger partial charge on any atom is 1.00 e. The van der Waals surface area contributed by atoms with Crippen molar-refractivity contribution in [1.29, 1.82) is 0 Å². The third-order valence-electron chi connectivity index (χ3n) is 2.93. The van der Waals surface area contributed by atoms with E-state index >= 15 is 0 Å². The van der Waals surface area contributed by atoms with Crippen LogP contribution in [-0.2, 0) is 14.8 Å². The largest absolute Gasteiger partial charge is 1.00 e. The molecule has 1 aromatic rings. The number of carbonyl (C=O) groups excluding carboxylic acids is 1. The number of nitrogens with two attached hydrogens (primary N) is 2. The van der Waals surface area contributed by atoms with E-state index in [1.165, 1.54) is 12.1 Å². The van der Waals surface area contributed by atoms with Crippen molar-refractivity contribution >= 4 is 34.3 Å². The number of aliphatic carboxylic acids is 1. The summed E-state index contributed by atoms with van der Waals surface area (Å²) in [5.41, 5.74) is 10.6. The van der Waals surface area contributed by atoms with Gasteiger partial charge in [-0.1, -0.05) is 18.6 Å². The number of halogens is 1. The minimum Gasteiger partial charge on any atom is -1.00 e. The Morgan fingerprint density at radius 1 is 1.29 bits per heavy atom. The summed E-state index contributed by atoms with van der Waals surface area (Å²) in [6.07, 6.45) is 2.16. The van der Waals surface area contributed by atoms with E-state index < -0.39 is 27.9 Å². The average Bonchev–Trinajstić information content (AvgIpc) is 2.70. The summed E-state index contributed by atoms with van der Waals surface area (Å²) in [6, 6.07) is 5.37. The van der Waals surface area contributed by atoms with Crippen LogP contribution in [0.3, 0.4) is 0 Å². The third-order valence-corrected chi connectivity index (χ3v) is 4.32. The van der Waals surface area contributed by atoms with Gasteiger partial charge in [0.05, 0.1) is 5.56 Å². The van der Waals surface area contributed by atoms with Crippen LogP contribution in [0.25, 0.3) is 0 Å². The number of carboxylic acid groups (broad SMARTS) is 1. The Bertz CT molecular complexity index is 663. The van der Waals surface area contributed by atoms with Crippen molar-refractivity contribution in [3.8, 4) is 0 Å². The first-order valence-electron chi connectivity index (χ1n) is 6.64. The summed E-state index contributed by atoms with van der Waals surface area (Å²) in [5.74, 6) is -1.48. The van der Waals surface area contributed by atoms with Crippen molar-refractivity contribution in [3.63, 3.8) is 0 Å². The van der Waals surface area contributed by atoms with Gasteiger partial charge < -0.3 is 18.0 Å². The second kappa shape index (κ2) is 11.8. The van der Waals surface area contributed by atoms with Gasteiger partial charge in [0.2, 0.25) is 0 Å². The molecule has 1 atom stereocenters. The summed E-state index contributed by atoms with van der Waals surface area (Å²) in [4.78, 5) is 21.2. The van der Waals surface area contributed by atoms with Crippen LogP contribution < -0.4 is 45.7 Å². The SMILES string of the molecule is Cl.NCCCC[C@H](N)C(=O)O.O=C1NS(=O)(=O)c2ccccc21.[H-].[Na+]. The smallest absolute Gasteiger partial charge is 1.00 e. The van der Waals surface area contributed by atoms with Crippen molar-refractivity contribution in [1.82, 2.24) is 4.72 Å². The van der Waals surface area contributed by atoms with E-state index in [1.54, 1.807) is 12.1 Å². The zero-order valence-corrected chi connectivity index (χ0v) is 16.9. The average molecular weight is 390 g/mol. The van der Waals surface area contributed by atoms with Crippen molar-refractivity contribution in [2.24, 2.45) is 11.5 Å².